The van der Waals surface area contributed by atoms with Gasteiger partial charge in [-0.1, -0.05) is 37.5 Å². The molecular formula is C20H24O4. The number of unbranched alkanes of at least 4 members (excludes halogenated alkanes) is 3. The Kier molecular flexibility index (Phi) is 14.0. The summed E-state index contributed by atoms with van der Waals surface area (Å²) in [6, 6.07) is 0. The summed E-state index contributed by atoms with van der Waals surface area (Å²) in [5, 5.41) is 27.6. The van der Waals surface area contributed by atoms with Gasteiger partial charge in [-0.2, -0.15) is 0 Å². The smallest absolute Gasteiger partial charge is 0.303 e. The van der Waals surface area contributed by atoms with Crippen molar-refractivity contribution >= 4 is 5.97 Å². The zero-order chi connectivity index (χ0) is 18.0. The maximum Gasteiger partial charge on any atom is 0.303 e. The number of aliphatic carboxylic acids is 1. The summed E-state index contributed by atoms with van der Waals surface area (Å²) in [5.74, 6) is 20.3. The van der Waals surface area contributed by atoms with Crippen molar-refractivity contribution in [2.24, 2.45) is 0 Å². The zero-order valence-corrected chi connectivity index (χ0v) is 14.1. The molecule has 2 atom stereocenters. The second kappa shape index (κ2) is 15.5. The Balaban J connectivity index is 4.02. The minimum atomic E-state index is -1.24. The number of carbonyl (C=O) groups is 1. The largest absolute Gasteiger partial charge is 0.481 e. The van der Waals surface area contributed by atoms with Crippen molar-refractivity contribution in [3.63, 3.8) is 0 Å². The third-order valence-electron chi connectivity index (χ3n) is 2.96. The molecule has 0 aliphatic heterocycles. The first-order valence-corrected chi connectivity index (χ1v) is 8.10. The van der Waals surface area contributed by atoms with Crippen molar-refractivity contribution in [3.8, 4) is 47.4 Å². The highest BCUT2D eigenvalue weighted by Gasteiger charge is 2.13. The number of aliphatic hydroxyl groups excluding tert-OH is 2. The summed E-state index contributed by atoms with van der Waals surface area (Å²) in [6.07, 6.45) is 2.97. The van der Waals surface area contributed by atoms with Crippen molar-refractivity contribution in [3.05, 3.63) is 0 Å². The molecule has 0 bridgehead atoms. The highest BCUT2D eigenvalue weighted by molar-refractivity contribution is 5.66. The molecule has 0 fully saturated rings. The molecule has 0 aliphatic carbocycles. The quantitative estimate of drug-likeness (QED) is 0.470. The van der Waals surface area contributed by atoms with E-state index in [1.165, 1.54) is 12.8 Å². The Morgan fingerprint density at radius 3 is 2.42 bits per heavy atom. The number of carboxylic acid groups (broad SMARTS) is 1. The number of carboxylic acids is 1. The molecule has 4 nitrogen and oxygen atoms in total. The third-order valence-corrected chi connectivity index (χ3v) is 2.96. The Labute approximate surface area is 144 Å². The lowest BCUT2D eigenvalue weighted by Crippen LogP contribution is -2.24. The Hall–Kier alpha value is -2.37. The van der Waals surface area contributed by atoms with E-state index >= 15 is 0 Å². The molecule has 3 N–H and O–H groups in total. The molecule has 128 valence electrons. The van der Waals surface area contributed by atoms with Crippen LogP contribution in [0.15, 0.2) is 0 Å². The van der Waals surface area contributed by atoms with E-state index in [9.17, 15) is 15.0 Å². The molecule has 0 saturated heterocycles. The van der Waals surface area contributed by atoms with Gasteiger partial charge >= 0.3 is 5.97 Å². The van der Waals surface area contributed by atoms with Gasteiger partial charge in [-0.15, -0.1) is 5.92 Å². The molecule has 0 heterocycles. The van der Waals surface area contributed by atoms with Crippen molar-refractivity contribution in [1.82, 2.24) is 0 Å². The van der Waals surface area contributed by atoms with Crippen molar-refractivity contribution in [2.75, 3.05) is 0 Å². The molecule has 0 saturated carbocycles. The van der Waals surface area contributed by atoms with Crippen LogP contribution in [0.3, 0.4) is 0 Å². The van der Waals surface area contributed by atoms with E-state index in [1.807, 2.05) is 0 Å². The lowest BCUT2D eigenvalue weighted by molar-refractivity contribution is -0.137. The summed E-state index contributed by atoms with van der Waals surface area (Å²) in [5.41, 5.74) is 0. The number of hydrogen-bond acceptors (Lipinski definition) is 3. The van der Waals surface area contributed by atoms with Crippen LogP contribution in [0.4, 0.5) is 0 Å². The fourth-order valence-corrected chi connectivity index (χ4v) is 1.64. The van der Waals surface area contributed by atoms with E-state index in [2.05, 4.69) is 54.3 Å². The molecule has 0 aromatic carbocycles. The summed E-state index contributed by atoms with van der Waals surface area (Å²) in [4.78, 5) is 10.3. The average molecular weight is 328 g/mol. The Bertz CT molecular complexity index is 605. The van der Waals surface area contributed by atoms with Crippen LogP contribution in [-0.4, -0.2) is 33.5 Å². The van der Waals surface area contributed by atoms with Gasteiger partial charge < -0.3 is 15.3 Å². The molecule has 0 unspecified atom stereocenters. The van der Waals surface area contributed by atoms with Gasteiger partial charge in [0.05, 0.1) is 12.5 Å². The third kappa shape index (κ3) is 14.6. The van der Waals surface area contributed by atoms with E-state index in [4.69, 9.17) is 5.11 Å². The second-order valence-corrected chi connectivity index (χ2v) is 5.11. The van der Waals surface area contributed by atoms with Gasteiger partial charge in [-0.3, -0.25) is 4.79 Å². The fraction of sp³-hybridized carbons (Fsp3) is 0.550. The Morgan fingerprint density at radius 1 is 0.958 bits per heavy atom. The van der Waals surface area contributed by atoms with Gasteiger partial charge in [0, 0.05) is 12.8 Å². The van der Waals surface area contributed by atoms with E-state index in [0.717, 1.165) is 12.8 Å². The van der Waals surface area contributed by atoms with Crippen LogP contribution < -0.4 is 0 Å². The van der Waals surface area contributed by atoms with Gasteiger partial charge in [-0.25, -0.2) is 0 Å². The summed E-state index contributed by atoms with van der Waals surface area (Å²) in [6.45, 7) is 2.15. The number of rotatable bonds is 8. The molecule has 24 heavy (non-hydrogen) atoms. The maximum absolute atomic E-state index is 10.3. The van der Waals surface area contributed by atoms with Crippen LogP contribution in [0.2, 0.25) is 0 Å². The SMILES string of the molecule is CCCCCC#CCC#CC#CC#C[C@@H](O)[C@@H](O)CCCC(=O)O. The standard InChI is InChI=1S/C20H24O4/c1-2-3-4-5-6-7-8-9-10-11-12-13-15-18(21)19(22)16-14-17-20(23)24/h18-19,21-22H,2-5,8,14,16-17H2,1H3,(H,23,24)/t18-,19+/m1/s1. The second-order valence-electron chi connectivity index (χ2n) is 5.11. The molecule has 0 aliphatic rings. The molecular weight excluding hydrogens is 304 g/mol. The molecule has 0 radical (unpaired) electrons. The molecule has 0 rings (SSSR count). The van der Waals surface area contributed by atoms with E-state index < -0.39 is 18.2 Å². The lowest BCUT2D eigenvalue weighted by Gasteiger charge is -2.11. The predicted octanol–water partition coefficient (Wildman–Crippen LogP) is 1.95. The summed E-state index contributed by atoms with van der Waals surface area (Å²) in [7, 11) is 0. The minimum Gasteiger partial charge on any atom is -0.481 e. The maximum atomic E-state index is 10.3. The Morgan fingerprint density at radius 2 is 1.71 bits per heavy atom. The van der Waals surface area contributed by atoms with Gasteiger partial charge in [0.25, 0.3) is 0 Å². The lowest BCUT2D eigenvalue weighted by atomic mass is 10.1. The van der Waals surface area contributed by atoms with Gasteiger partial charge in [0.15, 0.2) is 0 Å². The van der Waals surface area contributed by atoms with Gasteiger partial charge in [0.2, 0.25) is 0 Å². The molecule has 0 amide bonds. The van der Waals surface area contributed by atoms with Gasteiger partial charge in [-0.05, 0) is 42.9 Å². The number of hydrogen-bond donors (Lipinski definition) is 3. The molecule has 4 heteroatoms. The highest BCUT2D eigenvalue weighted by atomic mass is 16.4. The van der Waals surface area contributed by atoms with E-state index in [-0.39, 0.29) is 19.3 Å². The van der Waals surface area contributed by atoms with E-state index in [0.29, 0.717) is 6.42 Å². The van der Waals surface area contributed by atoms with Crippen LogP contribution in [0.5, 0.6) is 0 Å². The predicted molar refractivity (Wildman–Crippen MR) is 93.4 cm³/mol. The fourth-order valence-electron chi connectivity index (χ4n) is 1.64. The van der Waals surface area contributed by atoms with Gasteiger partial charge in [0.1, 0.15) is 6.10 Å². The van der Waals surface area contributed by atoms with Crippen molar-refractivity contribution in [1.29, 1.82) is 0 Å². The monoisotopic (exact) mass is 328 g/mol. The highest BCUT2D eigenvalue weighted by Crippen LogP contribution is 2.04. The summed E-state index contributed by atoms with van der Waals surface area (Å²) < 4.78 is 0. The van der Waals surface area contributed by atoms with Crippen molar-refractivity contribution < 1.29 is 20.1 Å². The molecule has 0 spiro atoms. The van der Waals surface area contributed by atoms with Crippen LogP contribution in [0.25, 0.3) is 0 Å². The normalized spacial score (nSPS) is 11.1. The van der Waals surface area contributed by atoms with Crippen LogP contribution in [0.1, 0.15) is 58.3 Å². The van der Waals surface area contributed by atoms with E-state index in [1.54, 1.807) is 0 Å². The average Bonchev–Trinajstić information content (AvgIpc) is 2.55. The summed E-state index contributed by atoms with van der Waals surface area (Å²) >= 11 is 0. The van der Waals surface area contributed by atoms with Crippen LogP contribution in [-0.2, 0) is 4.79 Å². The zero-order valence-electron chi connectivity index (χ0n) is 14.1. The molecule has 0 aromatic rings. The minimum absolute atomic E-state index is 0.0475. The first kappa shape index (κ1) is 21.6. The first-order valence-electron chi connectivity index (χ1n) is 8.10. The first-order chi connectivity index (χ1) is 11.6. The van der Waals surface area contributed by atoms with Crippen LogP contribution in [0, 0.1) is 47.4 Å². The topological polar surface area (TPSA) is 77.8 Å². The van der Waals surface area contributed by atoms with Crippen LogP contribution >= 0.6 is 0 Å². The molecule has 0 aromatic heterocycles. The number of aliphatic hydroxyl groups is 2. The van der Waals surface area contributed by atoms with Crippen molar-refractivity contribution in [2.45, 2.75) is 70.5 Å².